The molecular formula is C34H37ClN8O. The van der Waals surface area contributed by atoms with Crippen LogP contribution in [0.4, 0.5) is 11.4 Å². The molecule has 10 heteroatoms. The van der Waals surface area contributed by atoms with E-state index in [9.17, 15) is 10.1 Å². The van der Waals surface area contributed by atoms with Gasteiger partial charge in [-0.3, -0.25) is 9.78 Å². The van der Waals surface area contributed by atoms with Gasteiger partial charge in [0.15, 0.2) is 0 Å². The zero-order valence-corrected chi connectivity index (χ0v) is 26.7. The van der Waals surface area contributed by atoms with Crippen LogP contribution in [0.1, 0.15) is 83.3 Å². The maximum absolute atomic E-state index is 13.5. The molecule has 1 saturated carbocycles. The molecule has 226 valence electrons. The molecule has 6 rings (SSSR count). The first-order valence-corrected chi connectivity index (χ1v) is 15.4. The first-order chi connectivity index (χ1) is 20.9. The summed E-state index contributed by atoms with van der Waals surface area (Å²) in [5.74, 6) is 0. The third-order valence-electron chi connectivity index (χ3n) is 8.36. The first kappa shape index (κ1) is 29.6. The van der Waals surface area contributed by atoms with Crippen LogP contribution in [0.25, 0.3) is 21.7 Å². The standard InChI is InChI=1S/C34H37ClN8O/c1-20(2)42-13-10-23-24(8-7-9-25(23)32(42)44)31(28-18-43(41-40-28)34(6)11-12-34)39-22-14-26-29(38-19-33(3,4)5)21(16-36)17-37-30(26)27(35)15-22/h7-10,13-15,17-18,20,31,39H,11-12,19H2,1-6H3,(H,37,38)/t31-/m0/s1. The second-order valence-corrected chi connectivity index (χ2v) is 13.9. The summed E-state index contributed by atoms with van der Waals surface area (Å²) in [6, 6.07) is 13.5. The number of hydrogen-bond donors (Lipinski definition) is 2. The van der Waals surface area contributed by atoms with E-state index in [1.807, 2.05) is 67.3 Å². The van der Waals surface area contributed by atoms with E-state index < -0.39 is 6.04 Å². The molecule has 3 aromatic heterocycles. The highest BCUT2D eigenvalue weighted by Gasteiger charge is 2.41. The molecule has 1 fully saturated rings. The van der Waals surface area contributed by atoms with Gasteiger partial charge < -0.3 is 15.2 Å². The average molecular weight is 609 g/mol. The lowest BCUT2D eigenvalue weighted by Crippen LogP contribution is -2.22. The van der Waals surface area contributed by atoms with Gasteiger partial charge in [-0.1, -0.05) is 49.7 Å². The molecule has 0 amide bonds. The summed E-state index contributed by atoms with van der Waals surface area (Å²) < 4.78 is 3.69. The Morgan fingerprint density at radius 1 is 1.14 bits per heavy atom. The number of pyridine rings is 2. The summed E-state index contributed by atoms with van der Waals surface area (Å²) in [7, 11) is 0. The number of fused-ring (bicyclic) bond motifs is 2. The van der Waals surface area contributed by atoms with Crippen LogP contribution >= 0.6 is 11.6 Å². The normalized spacial score (nSPS) is 15.0. The number of hydrogen-bond acceptors (Lipinski definition) is 7. The molecule has 1 aliphatic carbocycles. The predicted octanol–water partition coefficient (Wildman–Crippen LogP) is 7.42. The topological polar surface area (TPSA) is 113 Å². The number of rotatable bonds is 8. The Morgan fingerprint density at radius 2 is 1.91 bits per heavy atom. The van der Waals surface area contributed by atoms with E-state index >= 15 is 0 Å². The lowest BCUT2D eigenvalue weighted by molar-refractivity contribution is 0.443. The minimum Gasteiger partial charge on any atom is -0.383 e. The summed E-state index contributed by atoms with van der Waals surface area (Å²) in [6.07, 6.45) is 7.51. The fourth-order valence-corrected chi connectivity index (χ4v) is 5.78. The first-order valence-electron chi connectivity index (χ1n) is 15.0. The van der Waals surface area contributed by atoms with E-state index in [0.717, 1.165) is 40.6 Å². The van der Waals surface area contributed by atoms with E-state index in [-0.39, 0.29) is 22.6 Å². The minimum atomic E-state index is -0.448. The van der Waals surface area contributed by atoms with Gasteiger partial charge in [0.25, 0.3) is 5.56 Å². The maximum atomic E-state index is 13.5. The quantitative estimate of drug-likeness (QED) is 0.188. The third-order valence-corrected chi connectivity index (χ3v) is 8.65. The third kappa shape index (κ3) is 5.50. The minimum absolute atomic E-state index is 0.0143. The number of nitrogens with one attached hydrogen (secondary N) is 2. The molecule has 2 aromatic carbocycles. The molecule has 0 saturated heterocycles. The zero-order chi connectivity index (χ0) is 31.4. The molecule has 0 spiro atoms. The van der Waals surface area contributed by atoms with Gasteiger partial charge in [-0.15, -0.1) is 5.10 Å². The molecule has 3 heterocycles. The van der Waals surface area contributed by atoms with Crippen LogP contribution in [0.3, 0.4) is 0 Å². The summed E-state index contributed by atoms with van der Waals surface area (Å²) in [5, 5.41) is 28.9. The molecule has 9 nitrogen and oxygen atoms in total. The Balaban J connectivity index is 1.51. The van der Waals surface area contributed by atoms with Crippen molar-refractivity contribution in [3.8, 4) is 6.07 Å². The number of halogens is 1. The number of benzene rings is 2. The van der Waals surface area contributed by atoms with Gasteiger partial charge in [-0.25, -0.2) is 4.68 Å². The largest absolute Gasteiger partial charge is 0.383 e. The van der Waals surface area contributed by atoms with Crippen LogP contribution in [-0.4, -0.2) is 31.1 Å². The molecule has 5 aromatic rings. The highest BCUT2D eigenvalue weighted by molar-refractivity contribution is 6.35. The molecule has 0 radical (unpaired) electrons. The van der Waals surface area contributed by atoms with Gasteiger partial charge in [0.1, 0.15) is 11.8 Å². The number of nitrogens with zero attached hydrogens (tertiary/aromatic N) is 6. The summed E-state index contributed by atoms with van der Waals surface area (Å²) >= 11 is 6.84. The average Bonchev–Trinajstić information content (AvgIpc) is 3.52. The molecule has 0 aliphatic heterocycles. The van der Waals surface area contributed by atoms with E-state index in [1.165, 1.54) is 0 Å². The van der Waals surface area contributed by atoms with Crippen LogP contribution in [0.2, 0.25) is 5.02 Å². The van der Waals surface area contributed by atoms with Gasteiger partial charge in [0.2, 0.25) is 0 Å². The molecule has 0 bridgehead atoms. The fraction of sp³-hybridized carbons (Fsp3) is 0.382. The van der Waals surface area contributed by atoms with E-state index in [4.69, 9.17) is 11.6 Å². The molecule has 44 heavy (non-hydrogen) atoms. The van der Waals surface area contributed by atoms with E-state index in [2.05, 4.69) is 59.7 Å². The number of anilines is 2. The Labute approximate surface area is 261 Å². The molecule has 1 atom stereocenters. The van der Waals surface area contributed by atoms with Gasteiger partial charge >= 0.3 is 0 Å². The highest BCUT2D eigenvalue weighted by Crippen LogP contribution is 2.43. The lowest BCUT2D eigenvalue weighted by Gasteiger charge is -2.23. The predicted molar refractivity (Wildman–Crippen MR) is 176 cm³/mol. The van der Waals surface area contributed by atoms with E-state index in [1.54, 1.807) is 10.8 Å². The molecule has 0 unspecified atom stereocenters. The van der Waals surface area contributed by atoms with Crippen molar-refractivity contribution in [1.82, 2.24) is 24.5 Å². The van der Waals surface area contributed by atoms with Crippen molar-refractivity contribution in [3.63, 3.8) is 0 Å². The SMILES string of the molecule is CC(C)n1ccc2c([C@H](Nc3cc(Cl)c4ncc(C#N)c(NCC(C)(C)C)c4c3)c3cn(C4(C)CC4)nn3)cccc2c1=O. The fourth-order valence-electron chi connectivity index (χ4n) is 5.51. The lowest BCUT2D eigenvalue weighted by atomic mass is 9.96. The maximum Gasteiger partial charge on any atom is 0.258 e. The Bertz CT molecular complexity index is 1990. The Kier molecular flexibility index (Phi) is 7.37. The van der Waals surface area contributed by atoms with Crippen molar-refractivity contribution >= 4 is 44.7 Å². The molecule has 1 aliphatic rings. The zero-order valence-electron chi connectivity index (χ0n) is 25.9. The number of nitriles is 1. The van der Waals surface area contributed by atoms with Crippen LogP contribution in [0.15, 0.2) is 59.8 Å². The number of aromatic nitrogens is 5. The van der Waals surface area contributed by atoms with Gasteiger partial charge in [0, 0.05) is 41.4 Å². The Morgan fingerprint density at radius 3 is 2.59 bits per heavy atom. The van der Waals surface area contributed by atoms with Crippen LogP contribution in [0.5, 0.6) is 0 Å². The van der Waals surface area contributed by atoms with Crippen molar-refractivity contribution in [2.45, 2.75) is 72.0 Å². The highest BCUT2D eigenvalue weighted by atomic mass is 35.5. The van der Waals surface area contributed by atoms with Crippen molar-refractivity contribution in [3.05, 3.63) is 87.2 Å². The molecule has 2 N–H and O–H groups in total. The van der Waals surface area contributed by atoms with Crippen LogP contribution in [-0.2, 0) is 5.54 Å². The monoisotopic (exact) mass is 608 g/mol. The Hall–Kier alpha value is -4.42. The van der Waals surface area contributed by atoms with Crippen LogP contribution < -0.4 is 16.2 Å². The van der Waals surface area contributed by atoms with Crippen molar-refractivity contribution in [2.75, 3.05) is 17.2 Å². The molecular weight excluding hydrogens is 572 g/mol. The summed E-state index contributed by atoms with van der Waals surface area (Å²) in [5.41, 5.74) is 4.02. The van der Waals surface area contributed by atoms with Crippen molar-refractivity contribution in [2.24, 2.45) is 5.41 Å². The second-order valence-electron chi connectivity index (χ2n) is 13.5. The van der Waals surface area contributed by atoms with Gasteiger partial charge in [-0.05, 0) is 74.2 Å². The summed E-state index contributed by atoms with van der Waals surface area (Å²) in [4.78, 5) is 18.0. The van der Waals surface area contributed by atoms with Crippen molar-refractivity contribution < 1.29 is 0 Å². The smallest absolute Gasteiger partial charge is 0.258 e. The summed E-state index contributed by atoms with van der Waals surface area (Å²) in [6.45, 7) is 13.2. The van der Waals surface area contributed by atoms with Crippen LogP contribution in [0, 0.1) is 16.7 Å². The van der Waals surface area contributed by atoms with Crippen molar-refractivity contribution in [1.29, 1.82) is 5.26 Å². The second kappa shape index (κ2) is 10.9. The van der Waals surface area contributed by atoms with Gasteiger partial charge in [0.05, 0.1) is 39.6 Å². The van der Waals surface area contributed by atoms with E-state index in [0.29, 0.717) is 33.7 Å². The van der Waals surface area contributed by atoms with Gasteiger partial charge in [-0.2, -0.15) is 5.26 Å².